The minimum atomic E-state index is -0.190. The number of hydrogen-bond donors (Lipinski definition) is 3. The molecule has 2 aromatic rings. The van der Waals surface area contributed by atoms with E-state index in [2.05, 4.69) is 25.6 Å². The Morgan fingerprint density at radius 1 is 1.39 bits per heavy atom. The number of nitrogens with zero attached hydrogens (tertiary/aromatic N) is 2. The Morgan fingerprint density at radius 3 is 3.00 bits per heavy atom. The highest BCUT2D eigenvalue weighted by molar-refractivity contribution is 5.92. The van der Waals surface area contributed by atoms with Crippen LogP contribution in [-0.2, 0) is 6.42 Å². The molecule has 0 atom stereocenters. The Hall–Kier alpha value is -2.37. The first-order valence-corrected chi connectivity index (χ1v) is 5.70. The molecule has 0 spiro atoms. The number of carbonyl (C=O) groups excluding carboxylic acids is 1. The van der Waals surface area contributed by atoms with Gasteiger partial charge in [-0.1, -0.05) is 0 Å². The third-order valence-corrected chi connectivity index (χ3v) is 2.47. The van der Waals surface area contributed by atoms with Gasteiger partial charge in [-0.2, -0.15) is 0 Å². The second kappa shape index (κ2) is 5.81. The summed E-state index contributed by atoms with van der Waals surface area (Å²) >= 11 is 0. The van der Waals surface area contributed by atoms with Crippen LogP contribution in [0.25, 0.3) is 0 Å². The molecule has 0 aliphatic rings. The monoisotopic (exact) mass is 245 g/mol. The fraction of sp³-hybridized carbons (Fsp3) is 0.250. The lowest BCUT2D eigenvalue weighted by Gasteiger charge is -2.06. The molecule has 2 rings (SSSR count). The van der Waals surface area contributed by atoms with E-state index in [1.165, 1.54) is 0 Å². The number of aromatic amines is 1. The van der Waals surface area contributed by atoms with E-state index in [-0.39, 0.29) is 5.91 Å². The molecule has 3 N–H and O–H groups in total. The molecule has 1 amide bonds. The summed E-state index contributed by atoms with van der Waals surface area (Å²) in [6.07, 6.45) is 5.93. The van der Waals surface area contributed by atoms with Crippen molar-refractivity contribution < 1.29 is 4.79 Å². The van der Waals surface area contributed by atoms with Gasteiger partial charge in [-0.25, -0.2) is 4.98 Å². The zero-order valence-corrected chi connectivity index (χ0v) is 10.1. The molecule has 0 aliphatic heterocycles. The van der Waals surface area contributed by atoms with E-state index in [9.17, 15) is 4.79 Å². The molecule has 0 saturated carbocycles. The van der Waals surface area contributed by atoms with Gasteiger partial charge in [-0.3, -0.25) is 9.78 Å². The van der Waals surface area contributed by atoms with Crippen LogP contribution in [0.3, 0.4) is 0 Å². The predicted octanol–water partition coefficient (Wildman–Crippen LogP) is 0.819. The minimum absolute atomic E-state index is 0.190. The molecule has 6 nitrogen and oxygen atoms in total. The molecule has 2 heterocycles. The van der Waals surface area contributed by atoms with E-state index in [0.29, 0.717) is 5.69 Å². The number of pyridine rings is 1. The van der Waals surface area contributed by atoms with Crippen molar-refractivity contribution in [2.24, 2.45) is 0 Å². The Kier molecular flexibility index (Phi) is 3.90. The summed E-state index contributed by atoms with van der Waals surface area (Å²) in [5.74, 6) is 0.743. The van der Waals surface area contributed by atoms with Crippen molar-refractivity contribution in [1.29, 1.82) is 0 Å². The van der Waals surface area contributed by atoms with Crippen molar-refractivity contribution in [3.05, 3.63) is 42.2 Å². The standard InChI is InChI=1S/C12H15N5O/c1-13-12(18)10-8-9(2-4-15-10)14-5-3-11-16-6-7-17-11/h2,4,6-8H,3,5H2,1H3,(H,13,18)(H,14,15)(H,16,17). The maximum Gasteiger partial charge on any atom is 0.269 e. The highest BCUT2D eigenvalue weighted by Crippen LogP contribution is 2.07. The highest BCUT2D eigenvalue weighted by Gasteiger charge is 2.05. The van der Waals surface area contributed by atoms with E-state index < -0.39 is 0 Å². The van der Waals surface area contributed by atoms with Crippen LogP contribution in [0.2, 0.25) is 0 Å². The fourth-order valence-electron chi connectivity index (χ4n) is 1.55. The van der Waals surface area contributed by atoms with E-state index >= 15 is 0 Å². The summed E-state index contributed by atoms with van der Waals surface area (Å²) in [4.78, 5) is 22.6. The topological polar surface area (TPSA) is 82.7 Å². The number of anilines is 1. The van der Waals surface area contributed by atoms with Gasteiger partial charge < -0.3 is 15.6 Å². The molecule has 0 aromatic carbocycles. The normalized spacial score (nSPS) is 10.1. The van der Waals surface area contributed by atoms with Gasteiger partial charge in [0, 0.05) is 44.3 Å². The SMILES string of the molecule is CNC(=O)c1cc(NCCc2ncc[nH]2)ccn1. The Balaban J connectivity index is 1.91. The van der Waals surface area contributed by atoms with Gasteiger partial charge in [0.2, 0.25) is 0 Å². The van der Waals surface area contributed by atoms with Gasteiger partial charge in [0.25, 0.3) is 5.91 Å². The molecule has 0 saturated heterocycles. The van der Waals surface area contributed by atoms with Gasteiger partial charge in [-0.15, -0.1) is 0 Å². The highest BCUT2D eigenvalue weighted by atomic mass is 16.1. The third-order valence-electron chi connectivity index (χ3n) is 2.47. The van der Waals surface area contributed by atoms with Crippen LogP contribution < -0.4 is 10.6 Å². The average Bonchev–Trinajstić information content (AvgIpc) is 2.91. The molecular formula is C12H15N5O. The first kappa shape index (κ1) is 12.1. The van der Waals surface area contributed by atoms with Gasteiger partial charge >= 0.3 is 0 Å². The molecular weight excluding hydrogens is 230 g/mol. The summed E-state index contributed by atoms with van der Waals surface area (Å²) in [6, 6.07) is 3.55. The molecule has 0 fully saturated rings. The zero-order chi connectivity index (χ0) is 12.8. The lowest BCUT2D eigenvalue weighted by molar-refractivity contribution is 0.0958. The third kappa shape index (κ3) is 3.07. The number of rotatable bonds is 5. The Bertz CT molecular complexity index is 509. The van der Waals surface area contributed by atoms with Crippen molar-refractivity contribution >= 4 is 11.6 Å². The number of H-pyrrole nitrogens is 1. The maximum atomic E-state index is 11.4. The summed E-state index contributed by atoms with van der Waals surface area (Å²) in [6.45, 7) is 0.741. The Labute approximate surface area is 105 Å². The van der Waals surface area contributed by atoms with Crippen LogP contribution in [0.5, 0.6) is 0 Å². The second-order valence-corrected chi connectivity index (χ2v) is 3.72. The molecule has 0 radical (unpaired) electrons. The van der Waals surface area contributed by atoms with Crippen LogP contribution in [0.15, 0.2) is 30.7 Å². The van der Waals surface area contributed by atoms with Crippen molar-refractivity contribution in [2.75, 3.05) is 18.9 Å². The van der Waals surface area contributed by atoms with E-state index in [1.54, 1.807) is 31.7 Å². The van der Waals surface area contributed by atoms with Crippen LogP contribution in [0.4, 0.5) is 5.69 Å². The number of imidazole rings is 1. The fourth-order valence-corrected chi connectivity index (χ4v) is 1.55. The minimum Gasteiger partial charge on any atom is -0.384 e. The van der Waals surface area contributed by atoms with Crippen molar-refractivity contribution in [3.8, 4) is 0 Å². The van der Waals surface area contributed by atoms with Crippen LogP contribution >= 0.6 is 0 Å². The number of amides is 1. The van der Waals surface area contributed by atoms with Crippen molar-refractivity contribution in [1.82, 2.24) is 20.3 Å². The van der Waals surface area contributed by atoms with Gasteiger partial charge in [0.05, 0.1) is 0 Å². The molecule has 18 heavy (non-hydrogen) atoms. The van der Waals surface area contributed by atoms with Gasteiger partial charge in [0.1, 0.15) is 11.5 Å². The lowest BCUT2D eigenvalue weighted by atomic mass is 10.3. The van der Waals surface area contributed by atoms with Crippen LogP contribution in [0.1, 0.15) is 16.3 Å². The summed E-state index contributed by atoms with van der Waals surface area (Å²) in [5.41, 5.74) is 1.27. The summed E-state index contributed by atoms with van der Waals surface area (Å²) in [5, 5.41) is 5.77. The van der Waals surface area contributed by atoms with E-state index in [0.717, 1.165) is 24.5 Å². The largest absolute Gasteiger partial charge is 0.384 e. The van der Waals surface area contributed by atoms with Crippen molar-refractivity contribution in [2.45, 2.75) is 6.42 Å². The average molecular weight is 245 g/mol. The quantitative estimate of drug-likeness (QED) is 0.728. The molecule has 0 bridgehead atoms. The first-order valence-electron chi connectivity index (χ1n) is 5.70. The summed E-state index contributed by atoms with van der Waals surface area (Å²) < 4.78 is 0. The molecule has 0 aliphatic carbocycles. The van der Waals surface area contributed by atoms with Crippen LogP contribution in [0, 0.1) is 0 Å². The molecule has 2 aromatic heterocycles. The number of hydrogen-bond acceptors (Lipinski definition) is 4. The van der Waals surface area contributed by atoms with Gasteiger partial charge in [0.15, 0.2) is 0 Å². The van der Waals surface area contributed by atoms with Crippen LogP contribution in [-0.4, -0.2) is 34.5 Å². The van der Waals surface area contributed by atoms with Gasteiger partial charge in [-0.05, 0) is 12.1 Å². The van der Waals surface area contributed by atoms with E-state index in [4.69, 9.17) is 0 Å². The van der Waals surface area contributed by atoms with E-state index in [1.807, 2.05) is 6.07 Å². The summed E-state index contributed by atoms with van der Waals surface area (Å²) in [7, 11) is 1.58. The molecule has 94 valence electrons. The maximum absolute atomic E-state index is 11.4. The predicted molar refractivity (Wildman–Crippen MR) is 68.4 cm³/mol. The second-order valence-electron chi connectivity index (χ2n) is 3.72. The Morgan fingerprint density at radius 2 is 2.28 bits per heavy atom. The zero-order valence-electron chi connectivity index (χ0n) is 10.1. The lowest BCUT2D eigenvalue weighted by Crippen LogP contribution is -2.19. The smallest absolute Gasteiger partial charge is 0.269 e. The first-order chi connectivity index (χ1) is 8.79. The van der Waals surface area contributed by atoms with Crippen molar-refractivity contribution in [3.63, 3.8) is 0 Å². The molecule has 0 unspecified atom stereocenters. The molecule has 6 heteroatoms. The number of nitrogens with one attached hydrogen (secondary N) is 3. The number of carbonyl (C=O) groups is 1. The number of aromatic nitrogens is 3.